The number of pyridine rings is 3. The Morgan fingerprint density at radius 1 is 0.568 bits per heavy atom. The van der Waals surface area contributed by atoms with Crippen LogP contribution in [0, 0.1) is 48.5 Å². The number of amides is 1. The lowest BCUT2D eigenvalue weighted by atomic mass is 10.0. The van der Waals surface area contributed by atoms with Crippen LogP contribution >= 0.6 is 11.6 Å². The van der Waals surface area contributed by atoms with E-state index in [2.05, 4.69) is 128 Å². The van der Waals surface area contributed by atoms with Gasteiger partial charge in [-0.1, -0.05) is 145 Å². The number of rotatable bonds is 12. The van der Waals surface area contributed by atoms with E-state index in [9.17, 15) is 19.2 Å². The molecule has 16 heteroatoms. The molecule has 0 aliphatic rings. The van der Waals surface area contributed by atoms with Gasteiger partial charge in [-0.3, -0.25) is 19.2 Å². The van der Waals surface area contributed by atoms with Gasteiger partial charge < -0.3 is 38.7 Å². The van der Waals surface area contributed by atoms with E-state index in [1.807, 2.05) is 65.9 Å². The first-order valence-electron chi connectivity index (χ1n) is 26.3. The summed E-state index contributed by atoms with van der Waals surface area (Å²) in [7, 11) is 0. The maximum absolute atomic E-state index is 12.9. The Labute approximate surface area is 481 Å². The molecule has 9 aromatic rings. The topological polar surface area (TPSA) is 210 Å². The number of alkyl halides is 1. The minimum absolute atomic E-state index is 0. The van der Waals surface area contributed by atoms with Gasteiger partial charge in [-0.25, -0.2) is 0 Å². The maximum Gasteiger partial charge on any atom is 0.274 e. The molecule has 0 aliphatic heterocycles. The van der Waals surface area contributed by atoms with Crippen LogP contribution in [0.5, 0.6) is 0 Å². The number of nitrogen functional groups attached to an aromatic ring is 1. The van der Waals surface area contributed by atoms with Crippen molar-refractivity contribution in [2.45, 2.75) is 149 Å². The van der Waals surface area contributed by atoms with Gasteiger partial charge in [-0.05, 0) is 118 Å². The van der Waals surface area contributed by atoms with Crippen molar-refractivity contribution in [3.05, 3.63) is 214 Å². The number of nitrogens with one attached hydrogen (secondary N) is 2. The first kappa shape index (κ1) is 65.2. The first-order valence-corrected chi connectivity index (χ1v) is 26.8. The predicted octanol–water partition coefficient (Wildman–Crippen LogP) is 14.9. The molecule has 9 rings (SSSR count). The minimum atomic E-state index is -0.291. The molecule has 3 aromatic carbocycles. The van der Waals surface area contributed by atoms with Crippen LogP contribution in [0.25, 0.3) is 33.4 Å². The van der Waals surface area contributed by atoms with Gasteiger partial charge in [-0.15, -0.1) is 11.6 Å². The number of nitrogens with two attached hydrogens (primary N) is 1. The standard InChI is InChI=1S/C22H25N3O3.C20H23N3O2.C11H12N2O2.C10H13Cl.2CH4/c1-13(2)18-8-6-17(7-9-18)11-25-12-19(21-14(3)24-28-15(21)4)10-20(22(25)27)23-16(5)26;1-12(2)16-7-5-15(6-8-16)10-23-11-17(9-18(21)20(23)24)19-13(3)22-25-14(19)4;1-6-4-9(5-12-11(6)14)10-7(2)13-15-8(10)3;1-8(2)10-5-3-9(7-11)4-6-10;;/h6-10,12-13H,11H2,1-5H3,(H,23,26);5-9,11-12H,10,21H2,1-4H3;4-5H,1-3H3,(H,12,14);3-6,8H,7H2,1-2H3;2*1H4. The van der Waals surface area contributed by atoms with Crippen molar-refractivity contribution in [1.29, 1.82) is 0 Å². The van der Waals surface area contributed by atoms with Gasteiger partial charge in [0.25, 0.3) is 16.7 Å². The fourth-order valence-corrected chi connectivity index (χ4v) is 9.09. The Balaban J connectivity index is 0.000000243. The molecule has 0 spiro atoms. The summed E-state index contributed by atoms with van der Waals surface area (Å²) in [6.45, 7) is 28.2. The van der Waals surface area contributed by atoms with Crippen LogP contribution in [-0.2, 0) is 23.8 Å². The van der Waals surface area contributed by atoms with Gasteiger partial charge in [0, 0.05) is 70.3 Å². The second-order valence-electron chi connectivity index (χ2n) is 20.7. The maximum atomic E-state index is 12.9. The normalized spacial score (nSPS) is 10.7. The van der Waals surface area contributed by atoms with Crippen LogP contribution in [0.15, 0.2) is 138 Å². The van der Waals surface area contributed by atoms with Crippen molar-refractivity contribution in [3.63, 3.8) is 0 Å². The molecule has 0 radical (unpaired) electrons. The largest absolute Gasteiger partial charge is 0.394 e. The third kappa shape index (κ3) is 16.9. The van der Waals surface area contributed by atoms with Gasteiger partial charge in [0.2, 0.25) is 5.91 Å². The highest BCUT2D eigenvalue weighted by atomic mass is 35.5. The highest BCUT2D eigenvalue weighted by molar-refractivity contribution is 6.17. The Bertz CT molecular complexity index is 3630. The summed E-state index contributed by atoms with van der Waals surface area (Å²) >= 11 is 5.66. The van der Waals surface area contributed by atoms with E-state index in [1.54, 1.807) is 40.6 Å². The Morgan fingerprint density at radius 3 is 1.28 bits per heavy atom. The van der Waals surface area contributed by atoms with Crippen molar-refractivity contribution in [3.8, 4) is 33.4 Å². The summed E-state index contributed by atoms with van der Waals surface area (Å²) in [5.41, 5.74) is 21.3. The summed E-state index contributed by atoms with van der Waals surface area (Å²) in [6, 6.07) is 30.2. The highest BCUT2D eigenvalue weighted by Gasteiger charge is 2.18. The minimum Gasteiger partial charge on any atom is -0.394 e. The molecular formula is C65H81ClN8O7. The summed E-state index contributed by atoms with van der Waals surface area (Å²) in [4.78, 5) is 50.8. The number of hydrogen-bond acceptors (Lipinski definition) is 11. The molecular weight excluding hydrogens is 1040 g/mol. The number of aromatic amines is 1. The zero-order chi connectivity index (χ0) is 57.8. The third-order valence-corrected chi connectivity index (χ3v) is 13.7. The van der Waals surface area contributed by atoms with Crippen LogP contribution in [0.1, 0.15) is 154 Å². The van der Waals surface area contributed by atoms with E-state index in [-0.39, 0.29) is 48.8 Å². The predicted molar refractivity (Wildman–Crippen MR) is 330 cm³/mol. The average molecular weight is 1120 g/mol. The van der Waals surface area contributed by atoms with E-state index < -0.39 is 0 Å². The van der Waals surface area contributed by atoms with E-state index in [0.717, 1.165) is 67.3 Å². The van der Waals surface area contributed by atoms with E-state index in [4.69, 9.17) is 30.9 Å². The SMILES string of the molecule is C.C.CC(=O)Nc1cc(-c2c(C)noc2C)cn(Cc2ccc(C(C)C)cc2)c1=O.CC(C)c1ccc(CCl)cc1.Cc1noc(C)c1-c1c[nH]c(=O)c(C)c1.Cc1noc(C)c1-c1cc(N)c(=O)n(Cc2ccc(C(C)C)cc2)c1. The summed E-state index contributed by atoms with van der Waals surface area (Å²) < 4.78 is 18.8. The molecule has 0 saturated heterocycles. The van der Waals surface area contributed by atoms with E-state index >= 15 is 0 Å². The van der Waals surface area contributed by atoms with Crippen LogP contribution in [0.4, 0.5) is 11.4 Å². The van der Waals surface area contributed by atoms with Gasteiger partial charge in [-0.2, -0.15) is 0 Å². The van der Waals surface area contributed by atoms with E-state index in [1.165, 1.54) is 29.2 Å². The average Bonchev–Trinajstić information content (AvgIpc) is 4.12. The molecule has 0 aliphatic carbocycles. The number of carbonyl (C=O) groups is 1. The van der Waals surface area contributed by atoms with Crippen molar-refractivity contribution in [2.24, 2.45) is 0 Å². The fraction of sp³-hybridized carbons (Fsp3) is 0.338. The van der Waals surface area contributed by atoms with Gasteiger partial charge in [0.05, 0.1) is 35.9 Å². The lowest BCUT2D eigenvalue weighted by molar-refractivity contribution is -0.114. The molecule has 4 N–H and O–H groups in total. The van der Waals surface area contributed by atoms with Crippen molar-refractivity contribution >= 4 is 28.9 Å². The first-order chi connectivity index (χ1) is 37.4. The van der Waals surface area contributed by atoms with Crippen LogP contribution in [0.2, 0.25) is 0 Å². The molecule has 81 heavy (non-hydrogen) atoms. The molecule has 0 fully saturated rings. The number of anilines is 2. The van der Waals surface area contributed by atoms with Crippen molar-refractivity contribution < 1.29 is 18.4 Å². The van der Waals surface area contributed by atoms with Crippen LogP contribution in [-0.4, -0.2) is 35.5 Å². The summed E-state index contributed by atoms with van der Waals surface area (Å²) in [5.74, 6) is 4.00. The quantitative estimate of drug-likeness (QED) is 0.0980. The number of hydrogen-bond donors (Lipinski definition) is 3. The fourth-order valence-electron chi connectivity index (χ4n) is 8.91. The number of halogens is 1. The van der Waals surface area contributed by atoms with Gasteiger partial charge in [0.1, 0.15) is 23.0 Å². The van der Waals surface area contributed by atoms with Gasteiger partial charge >= 0.3 is 0 Å². The number of nitrogens with zero attached hydrogens (tertiary/aromatic N) is 5. The van der Waals surface area contributed by atoms with Crippen LogP contribution in [0.3, 0.4) is 0 Å². The molecule has 1 amide bonds. The smallest absolute Gasteiger partial charge is 0.274 e. The Morgan fingerprint density at radius 2 is 0.938 bits per heavy atom. The lowest BCUT2D eigenvalue weighted by Crippen LogP contribution is -2.25. The number of aryl methyl sites for hydroxylation is 7. The van der Waals surface area contributed by atoms with Gasteiger partial charge in [0.15, 0.2) is 0 Å². The number of benzene rings is 3. The zero-order valence-electron chi connectivity index (χ0n) is 47.8. The summed E-state index contributed by atoms with van der Waals surface area (Å²) in [5, 5.41) is 14.5. The molecule has 0 atom stereocenters. The zero-order valence-corrected chi connectivity index (χ0v) is 48.6. The Hall–Kier alpha value is -8.30. The lowest BCUT2D eigenvalue weighted by Gasteiger charge is -2.13. The monoisotopic (exact) mass is 1120 g/mol. The van der Waals surface area contributed by atoms with Crippen molar-refractivity contribution in [1.82, 2.24) is 29.6 Å². The number of carbonyl (C=O) groups excluding carboxylic acids is 1. The molecule has 6 aromatic heterocycles. The molecule has 15 nitrogen and oxygen atoms in total. The molecule has 0 bridgehead atoms. The second kappa shape index (κ2) is 29.2. The number of aromatic nitrogens is 6. The molecule has 430 valence electrons. The molecule has 0 unspecified atom stereocenters. The third-order valence-electron chi connectivity index (χ3n) is 13.4. The summed E-state index contributed by atoms with van der Waals surface area (Å²) in [6.07, 6.45) is 5.29. The highest BCUT2D eigenvalue weighted by Crippen LogP contribution is 2.30. The van der Waals surface area contributed by atoms with Crippen molar-refractivity contribution in [2.75, 3.05) is 11.1 Å². The molecule has 6 heterocycles. The van der Waals surface area contributed by atoms with Crippen LogP contribution < -0.4 is 27.7 Å². The Kier molecular flexibility index (Phi) is 23.5. The molecule has 0 saturated carbocycles. The number of H-pyrrole nitrogens is 1. The van der Waals surface area contributed by atoms with E-state index in [0.29, 0.717) is 53.8 Å². The second-order valence-corrected chi connectivity index (χ2v) is 21.0.